The summed E-state index contributed by atoms with van der Waals surface area (Å²) in [5, 5.41) is 3.45. The first-order chi connectivity index (χ1) is 15.5. The number of ether oxygens (including phenoxy) is 1. The molecule has 1 amide bonds. The van der Waals surface area contributed by atoms with Crippen LogP contribution in [0.15, 0.2) is 30.6 Å². The zero-order chi connectivity index (χ0) is 22.7. The number of hydrogen-bond donors (Lipinski definition) is 1. The molecule has 1 aliphatic heterocycles. The fraction of sp³-hybridized carbons (Fsp3) is 0.560. The van der Waals surface area contributed by atoms with Crippen LogP contribution in [0.2, 0.25) is 0 Å². The maximum Gasteiger partial charge on any atom is 0.231 e. The van der Waals surface area contributed by atoms with Gasteiger partial charge in [0.05, 0.1) is 13.0 Å². The summed E-state index contributed by atoms with van der Waals surface area (Å²) in [6.07, 6.45) is 3.88. The molecule has 4 rings (SSSR count). The van der Waals surface area contributed by atoms with Crippen molar-refractivity contribution in [3.63, 3.8) is 0 Å². The van der Waals surface area contributed by atoms with Crippen LogP contribution in [0.1, 0.15) is 55.8 Å². The highest BCUT2D eigenvalue weighted by Crippen LogP contribution is 2.37. The average Bonchev–Trinajstić information content (AvgIpc) is 3.20. The SMILES string of the molecule is COc1ccc([C@@H](CNC(C)C)C(=O)N2CCN(c3ncnc4c3[C@H](C)CC4)CC2)cc1.Cl.Cl. The molecule has 1 fully saturated rings. The fourth-order valence-electron chi connectivity index (χ4n) is 4.77. The highest BCUT2D eigenvalue weighted by Gasteiger charge is 2.32. The van der Waals surface area contributed by atoms with Crippen molar-refractivity contribution >= 4 is 36.5 Å². The van der Waals surface area contributed by atoms with E-state index in [-0.39, 0.29) is 36.6 Å². The Labute approximate surface area is 215 Å². The molecule has 1 aliphatic carbocycles. The lowest BCUT2D eigenvalue weighted by Gasteiger charge is -2.38. The van der Waals surface area contributed by atoms with Crippen LogP contribution < -0.4 is 15.0 Å². The average molecular weight is 511 g/mol. The highest BCUT2D eigenvalue weighted by molar-refractivity contribution is 5.86. The molecule has 2 aliphatic rings. The number of aromatic nitrogens is 2. The number of aryl methyl sites for hydroxylation is 1. The van der Waals surface area contributed by atoms with Gasteiger partial charge in [0.25, 0.3) is 0 Å². The number of carbonyl (C=O) groups is 1. The van der Waals surface area contributed by atoms with Crippen LogP contribution in [0.25, 0.3) is 0 Å². The number of amides is 1. The molecule has 0 radical (unpaired) electrons. The summed E-state index contributed by atoms with van der Waals surface area (Å²) < 4.78 is 5.29. The molecule has 2 aromatic rings. The van der Waals surface area contributed by atoms with Crippen molar-refractivity contribution in [2.45, 2.75) is 51.5 Å². The van der Waals surface area contributed by atoms with E-state index in [0.29, 0.717) is 31.6 Å². The number of anilines is 1. The van der Waals surface area contributed by atoms with Gasteiger partial charge in [-0.3, -0.25) is 4.79 Å². The topological polar surface area (TPSA) is 70.6 Å². The first-order valence-electron chi connectivity index (χ1n) is 11.7. The van der Waals surface area contributed by atoms with Crippen LogP contribution in [0.3, 0.4) is 0 Å². The molecule has 1 aromatic carbocycles. The minimum absolute atomic E-state index is 0. The summed E-state index contributed by atoms with van der Waals surface area (Å²) in [7, 11) is 1.66. The molecular formula is C25H37Cl2N5O2. The van der Waals surface area contributed by atoms with E-state index in [9.17, 15) is 4.79 Å². The third kappa shape index (κ3) is 6.12. The number of nitrogens with one attached hydrogen (secondary N) is 1. The number of benzene rings is 1. The quantitative estimate of drug-likeness (QED) is 0.611. The van der Waals surface area contributed by atoms with Gasteiger partial charge in [0, 0.05) is 50.0 Å². The van der Waals surface area contributed by atoms with Gasteiger partial charge in [-0.25, -0.2) is 9.97 Å². The van der Waals surface area contributed by atoms with Gasteiger partial charge in [0.2, 0.25) is 5.91 Å². The molecule has 0 spiro atoms. The largest absolute Gasteiger partial charge is 0.497 e. The number of nitrogens with zero attached hydrogens (tertiary/aromatic N) is 4. The minimum atomic E-state index is -0.210. The molecule has 0 bridgehead atoms. The van der Waals surface area contributed by atoms with Crippen LogP contribution in [-0.2, 0) is 11.2 Å². The third-order valence-electron chi connectivity index (χ3n) is 6.69. The minimum Gasteiger partial charge on any atom is -0.497 e. The standard InChI is InChI=1S/C25H35N5O2.2ClH/c1-17(2)26-15-21(19-6-8-20(32-4)9-7-19)25(31)30-13-11-29(12-14-30)24-23-18(3)5-10-22(23)27-16-28-24;;/h6-9,16-18,21,26H,5,10-15H2,1-4H3;2*1H/t18-,21-;;/m1../s1. The number of piperazine rings is 1. The Morgan fingerprint density at radius 1 is 1.12 bits per heavy atom. The van der Waals surface area contributed by atoms with Crippen molar-refractivity contribution in [1.29, 1.82) is 0 Å². The van der Waals surface area contributed by atoms with Gasteiger partial charge in [-0.1, -0.05) is 32.9 Å². The van der Waals surface area contributed by atoms with E-state index in [4.69, 9.17) is 4.74 Å². The van der Waals surface area contributed by atoms with Crippen LogP contribution in [0.4, 0.5) is 5.82 Å². The summed E-state index contributed by atoms with van der Waals surface area (Å²) in [4.78, 5) is 27.0. The Kier molecular flexibility index (Phi) is 10.4. The molecule has 9 heteroatoms. The first kappa shape index (κ1) is 28.1. The number of carbonyl (C=O) groups excluding carboxylic acids is 1. The second-order valence-corrected chi connectivity index (χ2v) is 9.20. The number of fused-ring (bicyclic) bond motifs is 1. The zero-order valence-electron chi connectivity index (χ0n) is 20.5. The molecule has 1 aromatic heterocycles. The van der Waals surface area contributed by atoms with Crippen LogP contribution in [-0.4, -0.2) is 66.7 Å². The lowest BCUT2D eigenvalue weighted by Crippen LogP contribution is -2.51. The van der Waals surface area contributed by atoms with Crippen molar-refractivity contribution in [3.05, 3.63) is 47.4 Å². The smallest absolute Gasteiger partial charge is 0.231 e. The summed E-state index contributed by atoms with van der Waals surface area (Å²) in [5.74, 6) is 2.35. The lowest BCUT2D eigenvalue weighted by atomic mass is 9.96. The maximum atomic E-state index is 13.6. The molecule has 1 saturated heterocycles. The van der Waals surface area contributed by atoms with Crippen molar-refractivity contribution in [2.75, 3.05) is 44.7 Å². The normalized spacial score (nSPS) is 18.1. The van der Waals surface area contributed by atoms with Crippen molar-refractivity contribution in [3.8, 4) is 5.75 Å². The maximum absolute atomic E-state index is 13.6. The number of methoxy groups -OCH3 is 1. The molecule has 7 nitrogen and oxygen atoms in total. The van der Waals surface area contributed by atoms with Gasteiger partial charge >= 0.3 is 0 Å². The van der Waals surface area contributed by atoms with Crippen LogP contribution in [0, 0.1) is 0 Å². The highest BCUT2D eigenvalue weighted by atomic mass is 35.5. The molecule has 34 heavy (non-hydrogen) atoms. The Hall–Kier alpha value is -2.09. The molecule has 1 N–H and O–H groups in total. The van der Waals surface area contributed by atoms with E-state index in [1.165, 1.54) is 11.3 Å². The van der Waals surface area contributed by atoms with Crippen LogP contribution in [0.5, 0.6) is 5.75 Å². The predicted octanol–water partition coefficient (Wildman–Crippen LogP) is 3.81. The molecule has 2 atom stereocenters. The van der Waals surface area contributed by atoms with Crippen LogP contribution >= 0.6 is 24.8 Å². The zero-order valence-corrected chi connectivity index (χ0v) is 22.1. The lowest BCUT2D eigenvalue weighted by molar-refractivity contribution is -0.133. The first-order valence-corrected chi connectivity index (χ1v) is 11.7. The monoisotopic (exact) mass is 509 g/mol. The van der Waals surface area contributed by atoms with Crippen molar-refractivity contribution in [2.24, 2.45) is 0 Å². The summed E-state index contributed by atoms with van der Waals surface area (Å²) >= 11 is 0. The number of halogens is 2. The second-order valence-electron chi connectivity index (χ2n) is 9.20. The van der Waals surface area contributed by atoms with E-state index >= 15 is 0 Å². The number of hydrogen-bond acceptors (Lipinski definition) is 6. The van der Waals surface area contributed by atoms with E-state index in [0.717, 1.165) is 43.1 Å². The number of rotatable bonds is 7. The molecule has 2 heterocycles. The van der Waals surface area contributed by atoms with E-state index in [1.54, 1.807) is 13.4 Å². The van der Waals surface area contributed by atoms with Gasteiger partial charge in [-0.15, -0.1) is 24.8 Å². The van der Waals surface area contributed by atoms with Gasteiger partial charge in [-0.05, 0) is 36.5 Å². The van der Waals surface area contributed by atoms with Crippen molar-refractivity contribution in [1.82, 2.24) is 20.2 Å². The second kappa shape index (κ2) is 12.6. The molecular weight excluding hydrogens is 473 g/mol. The summed E-state index contributed by atoms with van der Waals surface area (Å²) in [6.45, 7) is 10.1. The predicted molar refractivity (Wildman–Crippen MR) is 141 cm³/mol. The van der Waals surface area contributed by atoms with Gasteiger partial charge in [0.1, 0.15) is 17.9 Å². The molecule has 0 saturated carbocycles. The van der Waals surface area contributed by atoms with E-state index in [2.05, 4.69) is 41.0 Å². The van der Waals surface area contributed by atoms with Gasteiger partial charge in [-0.2, -0.15) is 0 Å². The Morgan fingerprint density at radius 3 is 2.41 bits per heavy atom. The van der Waals surface area contributed by atoms with Crippen molar-refractivity contribution < 1.29 is 9.53 Å². The Balaban J connectivity index is 0.00000204. The fourth-order valence-corrected chi connectivity index (χ4v) is 4.77. The molecule has 188 valence electrons. The Bertz CT molecular complexity index is 933. The summed E-state index contributed by atoms with van der Waals surface area (Å²) in [5.41, 5.74) is 3.53. The summed E-state index contributed by atoms with van der Waals surface area (Å²) in [6, 6.07) is 8.19. The molecule has 0 unspecified atom stereocenters. The Morgan fingerprint density at radius 2 is 1.79 bits per heavy atom. The van der Waals surface area contributed by atoms with E-state index in [1.807, 2.05) is 29.2 Å². The van der Waals surface area contributed by atoms with E-state index < -0.39 is 0 Å². The van der Waals surface area contributed by atoms with Gasteiger partial charge in [0.15, 0.2) is 0 Å². The van der Waals surface area contributed by atoms with Gasteiger partial charge < -0.3 is 19.9 Å². The third-order valence-corrected chi connectivity index (χ3v) is 6.69.